The molecule has 0 fully saturated rings. The van der Waals surface area contributed by atoms with Gasteiger partial charge in [-0.1, -0.05) is 62.7 Å². The third kappa shape index (κ3) is 6.38. The predicted molar refractivity (Wildman–Crippen MR) is 135 cm³/mol. The van der Waals surface area contributed by atoms with E-state index in [9.17, 15) is 19.5 Å². The number of alkyl halides is 1. The van der Waals surface area contributed by atoms with Crippen molar-refractivity contribution in [1.29, 1.82) is 0 Å². The SMILES string of the molecule is CC(C)(C)C(C(=O)Nc1cc(Cl)ccc1-n1cnnn1)N(C(=O)CCl)[C@@H](Cc1ccccc1)C(=O)O. The van der Waals surface area contributed by atoms with Gasteiger partial charge in [0.25, 0.3) is 0 Å². The van der Waals surface area contributed by atoms with E-state index in [1.807, 2.05) is 0 Å². The van der Waals surface area contributed by atoms with E-state index >= 15 is 0 Å². The molecule has 2 amide bonds. The molecule has 0 aliphatic heterocycles. The number of anilines is 1. The number of nitrogens with one attached hydrogen (secondary N) is 1. The Bertz CT molecular complexity index is 1220. The Morgan fingerprint density at radius 1 is 1.14 bits per heavy atom. The van der Waals surface area contributed by atoms with E-state index in [1.165, 1.54) is 17.1 Å². The minimum atomic E-state index is -1.34. The number of halogens is 2. The van der Waals surface area contributed by atoms with Crippen molar-refractivity contribution in [3.63, 3.8) is 0 Å². The molecule has 2 aromatic carbocycles. The second kappa shape index (κ2) is 11.5. The van der Waals surface area contributed by atoms with Crippen LogP contribution in [0.2, 0.25) is 5.02 Å². The third-order valence-corrected chi connectivity index (χ3v) is 5.92. The zero-order valence-electron chi connectivity index (χ0n) is 19.9. The lowest BCUT2D eigenvalue weighted by Crippen LogP contribution is -2.60. The second-order valence-electron chi connectivity index (χ2n) is 9.15. The number of carbonyl (C=O) groups excluding carboxylic acids is 2. The van der Waals surface area contributed by atoms with Crippen LogP contribution in [-0.2, 0) is 20.8 Å². The van der Waals surface area contributed by atoms with Crippen molar-refractivity contribution in [2.45, 2.75) is 39.3 Å². The molecule has 3 aromatic rings. The fraction of sp³-hybridized carbons (Fsp3) is 0.333. The number of rotatable bonds is 9. The summed E-state index contributed by atoms with van der Waals surface area (Å²) in [6.45, 7) is 5.23. The maximum atomic E-state index is 13.8. The number of aliphatic carboxylic acids is 1. The molecule has 3 rings (SSSR count). The maximum Gasteiger partial charge on any atom is 0.326 e. The Hall–Kier alpha value is -3.50. The van der Waals surface area contributed by atoms with E-state index in [0.717, 1.165) is 4.90 Å². The van der Waals surface area contributed by atoms with Crippen LogP contribution < -0.4 is 5.32 Å². The Labute approximate surface area is 218 Å². The number of carbonyl (C=O) groups is 3. The highest BCUT2D eigenvalue weighted by Crippen LogP contribution is 2.31. The van der Waals surface area contributed by atoms with Crippen molar-refractivity contribution in [2.24, 2.45) is 5.41 Å². The molecule has 10 nitrogen and oxygen atoms in total. The van der Waals surface area contributed by atoms with Gasteiger partial charge < -0.3 is 15.3 Å². The monoisotopic (exact) mass is 532 g/mol. The van der Waals surface area contributed by atoms with Crippen LogP contribution >= 0.6 is 23.2 Å². The molecule has 190 valence electrons. The van der Waals surface area contributed by atoms with Gasteiger partial charge in [-0.15, -0.1) is 16.7 Å². The second-order valence-corrected chi connectivity index (χ2v) is 9.86. The van der Waals surface area contributed by atoms with Crippen molar-refractivity contribution in [2.75, 3.05) is 11.2 Å². The average Bonchev–Trinajstić information content (AvgIpc) is 3.35. The molecule has 0 saturated carbocycles. The van der Waals surface area contributed by atoms with Gasteiger partial charge in [0.15, 0.2) is 0 Å². The van der Waals surface area contributed by atoms with Gasteiger partial charge in [0.2, 0.25) is 11.8 Å². The lowest BCUT2D eigenvalue weighted by molar-refractivity contribution is -0.155. The quantitative estimate of drug-likeness (QED) is 0.403. The molecule has 0 radical (unpaired) electrons. The molecule has 12 heteroatoms. The van der Waals surface area contributed by atoms with Crippen molar-refractivity contribution in [3.05, 3.63) is 65.4 Å². The first-order chi connectivity index (χ1) is 17.0. The first kappa shape index (κ1) is 27.1. The van der Waals surface area contributed by atoms with Gasteiger partial charge >= 0.3 is 5.97 Å². The molecule has 2 atom stereocenters. The van der Waals surface area contributed by atoms with E-state index in [4.69, 9.17) is 23.2 Å². The Kier molecular flexibility index (Phi) is 8.65. The number of aromatic nitrogens is 4. The summed E-state index contributed by atoms with van der Waals surface area (Å²) in [7, 11) is 0. The van der Waals surface area contributed by atoms with Crippen LogP contribution in [0.25, 0.3) is 5.69 Å². The van der Waals surface area contributed by atoms with Crippen LogP contribution in [0.5, 0.6) is 0 Å². The van der Waals surface area contributed by atoms with E-state index in [1.54, 1.807) is 63.2 Å². The molecule has 0 aliphatic rings. The highest BCUT2D eigenvalue weighted by Gasteiger charge is 2.44. The fourth-order valence-corrected chi connectivity index (χ4v) is 4.24. The fourth-order valence-electron chi connectivity index (χ4n) is 3.93. The molecule has 0 aliphatic carbocycles. The van der Waals surface area contributed by atoms with E-state index in [0.29, 0.717) is 16.3 Å². The first-order valence-corrected chi connectivity index (χ1v) is 11.9. The van der Waals surface area contributed by atoms with Gasteiger partial charge in [-0.05, 0) is 39.6 Å². The summed E-state index contributed by atoms with van der Waals surface area (Å²) in [4.78, 5) is 40.4. The molecule has 1 aromatic heterocycles. The number of carboxylic acid groups (broad SMARTS) is 1. The van der Waals surface area contributed by atoms with Crippen LogP contribution in [0.1, 0.15) is 26.3 Å². The summed E-state index contributed by atoms with van der Waals surface area (Å²) in [6, 6.07) is 11.1. The van der Waals surface area contributed by atoms with Crippen LogP contribution in [-0.4, -0.2) is 66.0 Å². The average molecular weight is 533 g/mol. The van der Waals surface area contributed by atoms with Crippen LogP contribution in [0.4, 0.5) is 5.69 Å². The number of nitrogens with zero attached hydrogens (tertiary/aromatic N) is 5. The van der Waals surface area contributed by atoms with Crippen molar-refractivity contribution in [1.82, 2.24) is 25.1 Å². The van der Waals surface area contributed by atoms with Crippen molar-refractivity contribution >= 4 is 46.7 Å². The number of carboxylic acids is 1. The van der Waals surface area contributed by atoms with Crippen molar-refractivity contribution in [3.8, 4) is 5.69 Å². The van der Waals surface area contributed by atoms with Crippen LogP contribution in [0, 0.1) is 5.41 Å². The summed E-state index contributed by atoms with van der Waals surface area (Å²) in [5.74, 6) is -3.04. The summed E-state index contributed by atoms with van der Waals surface area (Å²) in [6.07, 6.45) is 1.34. The zero-order chi connectivity index (χ0) is 26.5. The van der Waals surface area contributed by atoms with Gasteiger partial charge in [-0.25, -0.2) is 4.79 Å². The molecule has 0 spiro atoms. The minimum absolute atomic E-state index is 0.00823. The summed E-state index contributed by atoms with van der Waals surface area (Å²) in [5.41, 5.74) is 0.534. The van der Waals surface area contributed by atoms with Gasteiger partial charge in [0, 0.05) is 11.4 Å². The largest absolute Gasteiger partial charge is 0.480 e. The highest BCUT2D eigenvalue weighted by molar-refractivity contribution is 6.31. The number of hydrogen-bond acceptors (Lipinski definition) is 6. The van der Waals surface area contributed by atoms with Crippen LogP contribution in [0.15, 0.2) is 54.9 Å². The van der Waals surface area contributed by atoms with Gasteiger partial charge in [0.1, 0.15) is 24.3 Å². The third-order valence-electron chi connectivity index (χ3n) is 5.45. The first-order valence-electron chi connectivity index (χ1n) is 11.0. The standard InChI is InChI=1S/C24H26Cl2N6O4/c1-24(2,3)21(22(34)28-17-12-16(26)9-10-18(17)31-14-27-29-30-31)32(20(33)13-25)19(23(35)36)11-15-7-5-4-6-8-15/h4-10,12,14,19,21H,11,13H2,1-3H3,(H,28,34)(H,35,36)/t19-,21?/m0/s1. The minimum Gasteiger partial charge on any atom is -0.480 e. The molecule has 2 N–H and O–H groups in total. The van der Waals surface area contributed by atoms with E-state index < -0.39 is 41.2 Å². The Morgan fingerprint density at radius 2 is 1.83 bits per heavy atom. The van der Waals surface area contributed by atoms with Gasteiger partial charge in [-0.3, -0.25) is 9.59 Å². The lowest BCUT2D eigenvalue weighted by atomic mass is 9.83. The molecule has 0 bridgehead atoms. The van der Waals surface area contributed by atoms with Crippen molar-refractivity contribution < 1.29 is 19.5 Å². The highest BCUT2D eigenvalue weighted by atomic mass is 35.5. The molecular weight excluding hydrogens is 507 g/mol. The predicted octanol–water partition coefficient (Wildman–Crippen LogP) is 3.43. The molecular formula is C24H26Cl2N6O4. The maximum absolute atomic E-state index is 13.8. The smallest absolute Gasteiger partial charge is 0.326 e. The molecule has 0 saturated heterocycles. The number of amides is 2. The normalized spacial score (nSPS) is 13.0. The van der Waals surface area contributed by atoms with E-state index in [-0.39, 0.29) is 12.1 Å². The lowest BCUT2D eigenvalue weighted by Gasteiger charge is -2.41. The van der Waals surface area contributed by atoms with Gasteiger partial charge in [0.05, 0.1) is 11.4 Å². The van der Waals surface area contributed by atoms with Crippen LogP contribution in [0.3, 0.4) is 0 Å². The topological polar surface area (TPSA) is 130 Å². The number of benzene rings is 2. The summed E-state index contributed by atoms with van der Waals surface area (Å²) >= 11 is 12.1. The summed E-state index contributed by atoms with van der Waals surface area (Å²) < 4.78 is 1.34. The molecule has 1 unspecified atom stereocenters. The molecule has 36 heavy (non-hydrogen) atoms. The Balaban J connectivity index is 2.05. The zero-order valence-corrected chi connectivity index (χ0v) is 21.4. The number of tetrazole rings is 1. The van der Waals surface area contributed by atoms with Gasteiger partial charge in [-0.2, -0.15) is 4.68 Å². The molecule has 1 heterocycles. The Morgan fingerprint density at radius 3 is 2.39 bits per heavy atom. The number of hydrogen-bond donors (Lipinski definition) is 2. The van der Waals surface area contributed by atoms with E-state index in [2.05, 4.69) is 20.8 Å². The summed E-state index contributed by atoms with van der Waals surface area (Å²) in [5, 5.41) is 24.3.